The average Bonchev–Trinajstić information content (AvgIpc) is 2.33. The number of halogens is 1. The highest BCUT2D eigenvalue weighted by atomic mass is 19.1. The number of anilines is 2. The maximum atomic E-state index is 12.7. The molecule has 0 saturated heterocycles. The van der Waals surface area contributed by atoms with Crippen molar-refractivity contribution in [1.82, 2.24) is 9.55 Å². The molecule has 0 aliphatic carbocycles. The number of rotatable bonds is 2. The lowest BCUT2D eigenvalue weighted by Crippen LogP contribution is -2.22. The maximum Gasteiger partial charge on any atom is 0.257 e. The average molecular weight is 233 g/mol. The van der Waals surface area contributed by atoms with E-state index >= 15 is 0 Å². The molecule has 0 radical (unpaired) electrons. The van der Waals surface area contributed by atoms with Crippen molar-refractivity contribution in [3.8, 4) is 0 Å². The van der Waals surface area contributed by atoms with Gasteiger partial charge in [-0.3, -0.25) is 9.36 Å². The summed E-state index contributed by atoms with van der Waals surface area (Å²) in [6.07, 6.45) is 1.51. The minimum Gasteiger partial charge on any atom is -0.326 e. The Kier molecular flexibility index (Phi) is 2.91. The first kappa shape index (κ1) is 11.3. The second-order valence-electron chi connectivity index (χ2n) is 3.76. The number of nitrogens with one attached hydrogen (secondary N) is 1. The molecule has 0 aliphatic heterocycles. The van der Waals surface area contributed by atoms with E-state index in [4.69, 9.17) is 0 Å². The van der Waals surface area contributed by atoms with E-state index in [-0.39, 0.29) is 11.4 Å². The number of hydrogen-bond donors (Lipinski definition) is 1. The van der Waals surface area contributed by atoms with Gasteiger partial charge in [0.05, 0.1) is 0 Å². The molecule has 4 nitrogen and oxygen atoms in total. The molecule has 1 aromatic heterocycles. The summed E-state index contributed by atoms with van der Waals surface area (Å²) >= 11 is 0. The van der Waals surface area contributed by atoms with E-state index in [9.17, 15) is 9.18 Å². The summed E-state index contributed by atoms with van der Waals surface area (Å²) in [7, 11) is 1.63. The fourth-order valence-electron chi connectivity index (χ4n) is 1.44. The number of aromatic nitrogens is 2. The molecule has 2 rings (SSSR count). The smallest absolute Gasteiger partial charge is 0.257 e. The summed E-state index contributed by atoms with van der Waals surface area (Å²) in [6, 6.07) is 5.85. The molecule has 1 aromatic carbocycles. The highest BCUT2D eigenvalue weighted by molar-refractivity contribution is 5.53. The Morgan fingerprint density at radius 1 is 1.29 bits per heavy atom. The molecule has 0 spiro atoms. The topological polar surface area (TPSA) is 46.9 Å². The Labute approximate surface area is 97.7 Å². The first-order chi connectivity index (χ1) is 8.08. The third-order valence-corrected chi connectivity index (χ3v) is 2.44. The van der Waals surface area contributed by atoms with E-state index in [1.165, 1.54) is 22.9 Å². The lowest BCUT2D eigenvalue weighted by molar-refractivity contribution is 0.628. The number of nitrogens with zero attached hydrogens (tertiary/aromatic N) is 2. The van der Waals surface area contributed by atoms with Crippen LogP contribution in [0.1, 0.15) is 5.56 Å². The fraction of sp³-hybridized carbons (Fsp3) is 0.167. The molecule has 1 heterocycles. The molecule has 2 aromatic rings. The van der Waals surface area contributed by atoms with Crippen LogP contribution in [0.3, 0.4) is 0 Å². The molecule has 0 saturated carbocycles. The van der Waals surface area contributed by atoms with Crippen LogP contribution in [0.25, 0.3) is 0 Å². The first-order valence-corrected chi connectivity index (χ1v) is 5.13. The van der Waals surface area contributed by atoms with Crippen molar-refractivity contribution >= 4 is 11.6 Å². The van der Waals surface area contributed by atoms with E-state index in [1.807, 2.05) is 0 Å². The zero-order valence-electron chi connectivity index (χ0n) is 9.57. The Hall–Kier alpha value is -2.17. The van der Waals surface area contributed by atoms with E-state index in [0.717, 1.165) is 0 Å². The summed E-state index contributed by atoms with van der Waals surface area (Å²) in [4.78, 5) is 15.8. The molecule has 88 valence electrons. The SMILES string of the molecule is Cc1cnc(Nc2ccc(F)cc2)n(C)c1=O. The van der Waals surface area contributed by atoms with Crippen LogP contribution in [0.5, 0.6) is 0 Å². The van der Waals surface area contributed by atoms with Crippen molar-refractivity contribution in [3.63, 3.8) is 0 Å². The molecule has 0 fully saturated rings. The standard InChI is InChI=1S/C12H12FN3O/c1-8-7-14-12(16(2)11(8)17)15-10-5-3-9(13)4-6-10/h3-7H,1-2H3,(H,14,15). The van der Waals surface area contributed by atoms with Crippen LogP contribution in [0.4, 0.5) is 16.0 Å². The van der Waals surface area contributed by atoms with Gasteiger partial charge in [0.25, 0.3) is 5.56 Å². The summed E-state index contributed by atoms with van der Waals surface area (Å²) < 4.78 is 14.1. The van der Waals surface area contributed by atoms with Gasteiger partial charge < -0.3 is 5.32 Å². The van der Waals surface area contributed by atoms with Crippen LogP contribution < -0.4 is 10.9 Å². The van der Waals surface area contributed by atoms with Crippen molar-refractivity contribution in [1.29, 1.82) is 0 Å². The van der Waals surface area contributed by atoms with E-state index in [2.05, 4.69) is 10.3 Å². The molecule has 5 heteroatoms. The van der Waals surface area contributed by atoms with Crippen LogP contribution in [0.2, 0.25) is 0 Å². The fourth-order valence-corrected chi connectivity index (χ4v) is 1.44. The lowest BCUT2D eigenvalue weighted by atomic mass is 10.3. The number of hydrogen-bond acceptors (Lipinski definition) is 3. The quantitative estimate of drug-likeness (QED) is 0.862. The highest BCUT2D eigenvalue weighted by Gasteiger charge is 2.04. The van der Waals surface area contributed by atoms with E-state index < -0.39 is 0 Å². The van der Waals surface area contributed by atoms with Crippen molar-refractivity contribution in [3.05, 3.63) is 52.2 Å². The minimum absolute atomic E-state index is 0.107. The largest absolute Gasteiger partial charge is 0.326 e. The van der Waals surface area contributed by atoms with Crippen molar-refractivity contribution < 1.29 is 4.39 Å². The minimum atomic E-state index is -0.304. The van der Waals surface area contributed by atoms with Gasteiger partial charge in [0, 0.05) is 24.5 Å². The molecule has 17 heavy (non-hydrogen) atoms. The van der Waals surface area contributed by atoms with Gasteiger partial charge in [0.1, 0.15) is 5.82 Å². The summed E-state index contributed by atoms with van der Waals surface area (Å²) in [5, 5.41) is 2.95. The monoisotopic (exact) mass is 233 g/mol. The van der Waals surface area contributed by atoms with Crippen LogP contribution >= 0.6 is 0 Å². The number of benzene rings is 1. The van der Waals surface area contributed by atoms with E-state index in [0.29, 0.717) is 17.2 Å². The van der Waals surface area contributed by atoms with Gasteiger partial charge in [-0.2, -0.15) is 0 Å². The van der Waals surface area contributed by atoms with Crippen molar-refractivity contribution in [2.75, 3.05) is 5.32 Å². The van der Waals surface area contributed by atoms with Crippen LogP contribution in [-0.2, 0) is 7.05 Å². The zero-order valence-corrected chi connectivity index (χ0v) is 9.57. The van der Waals surface area contributed by atoms with E-state index in [1.54, 1.807) is 26.1 Å². The third kappa shape index (κ3) is 2.33. The molecule has 0 amide bonds. The zero-order chi connectivity index (χ0) is 12.4. The molecule has 0 aliphatic rings. The predicted octanol–water partition coefficient (Wildman–Crippen LogP) is 1.97. The highest BCUT2D eigenvalue weighted by Crippen LogP contribution is 2.13. The van der Waals surface area contributed by atoms with Crippen molar-refractivity contribution in [2.45, 2.75) is 6.92 Å². The molecule has 1 N–H and O–H groups in total. The Balaban J connectivity index is 2.34. The third-order valence-electron chi connectivity index (χ3n) is 2.44. The Bertz CT molecular complexity index is 590. The molecular weight excluding hydrogens is 221 g/mol. The van der Waals surface area contributed by atoms with Crippen LogP contribution in [0.15, 0.2) is 35.3 Å². The molecular formula is C12H12FN3O. The second kappa shape index (κ2) is 4.37. The van der Waals surface area contributed by atoms with Gasteiger partial charge >= 0.3 is 0 Å². The molecule has 0 unspecified atom stereocenters. The van der Waals surface area contributed by atoms with Gasteiger partial charge in [-0.1, -0.05) is 0 Å². The van der Waals surface area contributed by atoms with Crippen LogP contribution in [0, 0.1) is 12.7 Å². The van der Waals surface area contributed by atoms with Gasteiger partial charge in [-0.15, -0.1) is 0 Å². The van der Waals surface area contributed by atoms with Gasteiger partial charge in [0.2, 0.25) is 5.95 Å². The maximum absolute atomic E-state index is 12.7. The Morgan fingerprint density at radius 2 is 1.94 bits per heavy atom. The summed E-state index contributed by atoms with van der Waals surface area (Å²) in [6.45, 7) is 1.71. The van der Waals surface area contributed by atoms with Gasteiger partial charge in [-0.05, 0) is 31.2 Å². The summed E-state index contributed by atoms with van der Waals surface area (Å²) in [5.74, 6) is 0.119. The first-order valence-electron chi connectivity index (χ1n) is 5.13. The van der Waals surface area contributed by atoms with Crippen molar-refractivity contribution in [2.24, 2.45) is 7.05 Å². The lowest BCUT2D eigenvalue weighted by Gasteiger charge is -2.09. The predicted molar refractivity (Wildman–Crippen MR) is 63.9 cm³/mol. The molecule has 0 bridgehead atoms. The normalized spacial score (nSPS) is 10.3. The van der Waals surface area contributed by atoms with Crippen LogP contribution in [-0.4, -0.2) is 9.55 Å². The second-order valence-corrected chi connectivity index (χ2v) is 3.76. The Morgan fingerprint density at radius 3 is 2.59 bits per heavy atom. The van der Waals surface area contributed by atoms with Gasteiger partial charge in [-0.25, -0.2) is 9.37 Å². The molecule has 0 atom stereocenters. The van der Waals surface area contributed by atoms with Gasteiger partial charge in [0.15, 0.2) is 0 Å². The summed E-state index contributed by atoms with van der Waals surface area (Å²) in [5.41, 5.74) is 1.15. The number of aryl methyl sites for hydroxylation is 1.